The lowest BCUT2D eigenvalue weighted by atomic mass is 9.92. The summed E-state index contributed by atoms with van der Waals surface area (Å²) in [5.41, 5.74) is 8.06. The molecule has 0 saturated heterocycles. The van der Waals surface area contributed by atoms with Crippen LogP contribution in [0.5, 0.6) is 0 Å². The van der Waals surface area contributed by atoms with Gasteiger partial charge < -0.3 is 19.8 Å². The highest BCUT2D eigenvalue weighted by Crippen LogP contribution is 2.36. The number of nitrogens with one attached hydrogen (secondary N) is 2. The molecule has 6 nitrogen and oxygen atoms in total. The summed E-state index contributed by atoms with van der Waals surface area (Å²) in [7, 11) is 1.34. The van der Waals surface area contributed by atoms with Crippen molar-refractivity contribution in [3.8, 4) is 33.6 Å². The van der Waals surface area contributed by atoms with Crippen molar-refractivity contribution < 1.29 is 18.7 Å². The second-order valence-corrected chi connectivity index (χ2v) is 13.7. The molecule has 0 radical (unpaired) electrons. The quantitative estimate of drug-likeness (QED) is 0.118. The van der Waals surface area contributed by atoms with E-state index in [1.165, 1.54) is 12.7 Å². The average Bonchev–Trinajstić information content (AvgIpc) is 3.57. The molecule has 0 saturated carbocycles. The number of carbonyl (C=O) groups excluding carboxylic acids is 2. The molecular weight excluding hydrogens is 664 g/mol. The molecule has 0 bridgehead atoms. The zero-order valence-electron chi connectivity index (χ0n) is 29.7. The number of thioether (sulfide) groups is 1. The maximum atomic E-state index is 13.0. The van der Waals surface area contributed by atoms with E-state index in [-0.39, 0.29) is 5.91 Å². The fraction of sp³-hybridized carbons (Fsp3) is 0.286. The Morgan fingerprint density at radius 3 is 2.22 bits per heavy atom. The van der Waals surface area contributed by atoms with Crippen LogP contribution in [0.4, 0.5) is 0 Å². The average molecular weight is 711 g/mol. The van der Waals surface area contributed by atoms with Crippen molar-refractivity contribution in [2.45, 2.75) is 59.2 Å². The van der Waals surface area contributed by atoms with Crippen molar-refractivity contribution in [2.24, 2.45) is 0 Å². The van der Waals surface area contributed by atoms with Crippen molar-refractivity contribution in [1.29, 1.82) is 0 Å². The molecule has 0 spiro atoms. The van der Waals surface area contributed by atoms with Gasteiger partial charge in [-0.25, -0.2) is 4.79 Å². The normalized spacial score (nSPS) is 11.4. The van der Waals surface area contributed by atoms with Gasteiger partial charge in [0.1, 0.15) is 17.6 Å². The number of halogens is 1. The van der Waals surface area contributed by atoms with Crippen LogP contribution in [-0.2, 0) is 22.5 Å². The van der Waals surface area contributed by atoms with Gasteiger partial charge in [0.05, 0.1) is 13.7 Å². The van der Waals surface area contributed by atoms with E-state index in [2.05, 4.69) is 55.7 Å². The molecule has 50 heavy (non-hydrogen) atoms. The van der Waals surface area contributed by atoms with Crippen molar-refractivity contribution >= 4 is 35.2 Å². The van der Waals surface area contributed by atoms with Crippen LogP contribution in [0.2, 0.25) is 5.02 Å². The number of ether oxygens (including phenoxy) is 1. The maximum absolute atomic E-state index is 13.0. The number of aryl methyl sites for hydroxylation is 2. The molecule has 0 aliphatic heterocycles. The van der Waals surface area contributed by atoms with Crippen LogP contribution in [-0.4, -0.2) is 43.1 Å². The Hall–Kier alpha value is -4.30. The lowest BCUT2D eigenvalue weighted by Gasteiger charge is -2.18. The molecule has 4 aromatic carbocycles. The Kier molecular flexibility index (Phi) is 14.8. The van der Waals surface area contributed by atoms with Crippen molar-refractivity contribution in [2.75, 3.05) is 19.1 Å². The molecular formula is C42H47ClN2O4S. The highest BCUT2D eigenvalue weighted by atomic mass is 35.5. The summed E-state index contributed by atoms with van der Waals surface area (Å²) >= 11 is 7.63. The minimum absolute atomic E-state index is 0.257. The van der Waals surface area contributed by atoms with Gasteiger partial charge in [0.25, 0.3) is 5.91 Å². The Labute approximate surface area is 306 Å². The van der Waals surface area contributed by atoms with Gasteiger partial charge in [0.15, 0.2) is 0 Å². The molecule has 5 rings (SSSR count). The van der Waals surface area contributed by atoms with Gasteiger partial charge in [-0.2, -0.15) is 11.8 Å². The van der Waals surface area contributed by atoms with Gasteiger partial charge in [-0.3, -0.25) is 4.79 Å². The van der Waals surface area contributed by atoms with Gasteiger partial charge in [-0.15, -0.1) is 0 Å². The number of hydrogen-bond acceptors (Lipinski definition) is 6. The summed E-state index contributed by atoms with van der Waals surface area (Å²) in [4.78, 5) is 25.1. The first-order chi connectivity index (χ1) is 24.1. The highest BCUT2D eigenvalue weighted by Gasteiger charge is 2.24. The molecule has 0 aliphatic rings. The summed E-state index contributed by atoms with van der Waals surface area (Å²) in [6, 6.07) is 33.8. The molecule has 1 heterocycles. The monoisotopic (exact) mass is 710 g/mol. The highest BCUT2D eigenvalue weighted by molar-refractivity contribution is 7.98. The molecule has 1 atom stereocenters. The van der Waals surface area contributed by atoms with Crippen molar-refractivity contribution in [1.82, 2.24) is 10.6 Å². The van der Waals surface area contributed by atoms with Crippen LogP contribution in [0.15, 0.2) is 108 Å². The predicted octanol–water partition coefficient (Wildman–Crippen LogP) is 10.0. The Balaban J connectivity index is 0.000000227. The zero-order valence-corrected chi connectivity index (χ0v) is 31.3. The van der Waals surface area contributed by atoms with Gasteiger partial charge in [0.2, 0.25) is 0 Å². The lowest BCUT2D eigenvalue weighted by Crippen LogP contribution is -2.42. The topological polar surface area (TPSA) is 80.6 Å². The summed E-state index contributed by atoms with van der Waals surface area (Å²) in [5.74, 6) is 1.91. The number of esters is 1. The Morgan fingerprint density at radius 2 is 1.56 bits per heavy atom. The third kappa shape index (κ3) is 10.6. The summed E-state index contributed by atoms with van der Waals surface area (Å²) in [6.07, 6.45) is 3.38. The standard InChI is InChI=1S/C22H27NO3S.C20H20ClNO/c1-5-16-8-6-7-9-17(16)19-14-15(2)10-11-18(19)21(24)23-20(12-13-27-4)22(25)26-3;1-14(2)22-13-18-12-19(15-6-4-3-5-7-15)20(23-18)16-8-10-17(21)11-9-16/h6-11,14,20H,5,12-13H2,1-4H3,(H,23,24);3-12,14,22H,13H2,1-2H3. The van der Waals surface area contributed by atoms with Gasteiger partial charge >= 0.3 is 5.97 Å². The molecule has 5 aromatic rings. The van der Waals surface area contributed by atoms with E-state index in [1.54, 1.807) is 11.8 Å². The van der Waals surface area contributed by atoms with Crippen molar-refractivity contribution in [3.63, 3.8) is 0 Å². The third-order valence-electron chi connectivity index (χ3n) is 8.17. The number of hydrogen-bond donors (Lipinski definition) is 2. The number of carbonyl (C=O) groups is 2. The fourth-order valence-electron chi connectivity index (χ4n) is 5.51. The summed E-state index contributed by atoms with van der Waals surface area (Å²) in [5, 5.41) is 6.98. The van der Waals surface area contributed by atoms with E-state index < -0.39 is 12.0 Å². The van der Waals surface area contributed by atoms with E-state index in [0.717, 1.165) is 62.1 Å². The second-order valence-electron chi connectivity index (χ2n) is 12.3. The summed E-state index contributed by atoms with van der Waals surface area (Å²) in [6.45, 7) is 9.08. The largest absolute Gasteiger partial charge is 0.467 e. The molecule has 262 valence electrons. The molecule has 1 amide bonds. The number of rotatable bonds is 13. The number of furan rings is 1. The number of amides is 1. The van der Waals surface area contributed by atoms with E-state index in [1.807, 2.05) is 92.0 Å². The van der Waals surface area contributed by atoms with Crippen LogP contribution in [0, 0.1) is 6.92 Å². The molecule has 8 heteroatoms. The number of methoxy groups -OCH3 is 1. The molecule has 1 aromatic heterocycles. The molecule has 0 aliphatic carbocycles. The van der Waals surface area contributed by atoms with E-state index in [4.69, 9.17) is 20.8 Å². The first-order valence-corrected chi connectivity index (χ1v) is 18.7. The minimum Gasteiger partial charge on any atom is -0.467 e. The zero-order chi connectivity index (χ0) is 36.0. The lowest BCUT2D eigenvalue weighted by molar-refractivity contribution is -0.142. The molecule has 1 unspecified atom stereocenters. The van der Waals surface area contributed by atoms with Crippen LogP contribution in [0.25, 0.3) is 33.6 Å². The van der Waals surface area contributed by atoms with Crippen LogP contribution in [0.3, 0.4) is 0 Å². The first kappa shape index (κ1) is 38.5. The molecule has 0 fully saturated rings. The fourth-order valence-corrected chi connectivity index (χ4v) is 6.11. The van der Waals surface area contributed by atoms with Gasteiger partial charge in [0, 0.05) is 27.8 Å². The van der Waals surface area contributed by atoms with E-state index in [9.17, 15) is 9.59 Å². The Bertz CT molecular complexity index is 1840. The van der Waals surface area contributed by atoms with Crippen molar-refractivity contribution in [3.05, 3.63) is 131 Å². The SMILES string of the molecule is CC(C)NCc1cc(-c2ccccc2)c(-c2ccc(Cl)cc2)o1.CCc1ccccc1-c1cc(C)ccc1C(=O)NC(CCSC)C(=O)OC. The predicted molar refractivity (Wildman–Crippen MR) is 209 cm³/mol. The van der Waals surface area contributed by atoms with E-state index in [0.29, 0.717) is 24.6 Å². The number of benzene rings is 4. The summed E-state index contributed by atoms with van der Waals surface area (Å²) < 4.78 is 11.0. The Morgan fingerprint density at radius 1 is 0.860 bits per heavy atom. The van der Waals surface area contributed by atoms with E-state index >= 15 is 0 Å². The second kappa shape index (κ2) is 19.2. The minimum atomic E-state index is -0.648. The third-order valence-corrected chi connectivity index (χ3v) is 9.06. The molecule has 2 N–H and O–H groups in total. The maximum Gasteiger partial charge on any atom is 0.328 e. The van der Waals surface area contributed by atoms with Gasteiger partial charge in [-0.05, 0) is 90.4 Å². The van der Waals surface area contributed by atoms with Crippen LogP contribution >= 0.6 is 23.4 Å². The smallest absolute Gasteiger partial charge is 0.328 e. The van der Waals surface area contributed by atoms with Gasteiger partial charge in [-0.1, -0.05) is 105 Å². The van der Waals surface area contributed by atoms with Crippen LogP contribution < -0.4 is 10.6 Å². The first-order valence-electron chi connectivity index (χ1n) is 16.9. The van der Waals surface area contributed by atoms with Crippen LogP contribution in [0.1, 0.15) is 54.4 Å².